The van der Waals surface area contributed by atoms with Crippen molar-refractivity contribution in [3.8, 4) is 11.5 Å². The van der Waals surface area contributed by atoms with E-state index in [1.807, 2.05) is 17.0 Å². The summed E-state index contributed by atoms with van der Waals surface area (Å²) >= 11 is 7.72. The van der Waals surface area contributed by atoms with Crippen LogP contribution in [0.15, 0.2) is 60.0 Å². The number of hydrogen-bond donors (Lipinski definition) is 0. The zero-order chi connectivity index (χ0) is 26.4. The van der Waals surface area contributed by atoms with Gasteiger partial charge in [0.1, 0.15) is 24.7 Å². The molecule has 3 aromatic rings. The minimum absolute atomic E-state index is 0.0112. The Kier molecular flexibility index (Phi) is 9.11. The first-order valence-corrected chi connectivity index (χ1v) is 13.8. The third kappa shape index (κ3) is 6.65. The molecule has 0 fully saturated rings. The van der Waals surface area contributed by atoms with Crippen LogP contribution in [-0.4, -0.2) is 55.0 Å². The van der Waals surface area contributed by atoms with Gasteiger partial charge >= 0.3 is 0 Å². The first kappa shape index (κ1) is 27.0. The fourth-order valence-electron chi connectivity index (χ4n) is 4.50. The van der Waals surface area contributed by atoms with Crippen molar-refractivity contribution >= 4 is 34.8 Å². The van der Waals surface area contributed by atoms with E-state index in [4.69, 9.17) is 21.1 Å². The summed E-state index contributed by atoms with van der Waals surface area (Å²) < 4.78 is 11.4. The molecule has 2 heterocycles. The lowest BCUT2D eigenvalue weighted by molar-refractivity contribution is -0.135. The molecule has 196 valence electrons. The number of amides is 2. The van der Waals surface area contributed by atoms with Crippen molar-refractivity contribution in [3.05, 3.63) is 81.0 Å². The third-order valence-corrected chi connectivity index (χ3v) is 8.04. The molecule has 0 bridgehead atoms. The fraction of sp³-hybridized carbons (Fsp3) is 0.379. The second kappa shape index (κ2) is 12.5. The van der Waals surface area contributed by atoms with Crippen LogP contribution in [0.1, 0.15) is 47.1 Å². The Morgan fingerprint density at radius 3 is 2.68 bits per heavy atom. The van der Waals surface area contributed by atoms with Gasteiger partial charge in [0.15, 0.2) is 0 Å². The molecule has 0 aliphatic carbocycles. The molecule has 1 aromatic heterocycles. The molecule has 2 atom stereocenters. The van der Waals surface area contributed by atoms with Gasteiger partial charge in [0.05, 0.1) is 13.2 Å². The number of ether oxygens (including phenoxy) is 2. The average Bonchev–Trinajstić information content (AvgIpc) is 3.41. The van der Waals surface area contributed by atoms with Crippen molar-refractivity contribution < 1.29 is 19.1 Å². The Hall–Kier alpha value is -3.03. The highest BCUT2D eigenvalue weighted by atomic mass is 35.5. The van der Waals surface area contributed by atoms with Gasteiger partial charge in [-0.15, -0.1) is 11.3 Å². The summed E-state index contributed by atoms with van der Waals surface area (Å²) in [5.74, 6) is 1.32. The molecule has 37 heavy (non-hydrogen) atoms. The van der Waals surface area contributed by atoms with Crippen LogP contribution in [0.2, 0.25) is 5.02 Å². The smallest absolute Gasteiger partial charge is 0.254 e. The Morgan fingerprint density at radius 2 is 1.95 bits per heavy atom. The highest BCUT2D eigenvalue weighted by molar-refractivity contribution is 7.10. The molecule has 2 aromatic carbocycles. The Morgan fingerprint density at radius 1 is 1.16 bits per heavy atom. The molecule has 0 radical (unpaired) electrons. The average molecular weight is 541 g/mol. The van der Waals surface area contributed by atoms with Crippen LogP contribution in [0.25, 0.3) is 0 Å². The van der Waals surface area contributed by atoms with Gasteiger partial charge < -0.3 is 19.3 Å². The standard InChI is InChI=1S/C29H33ClN2O4S/c1-4-20(2)17-31(29(34)21-6-5-7-24(16-21)35-3)18-28(33)32-14-12-27-25(13-15-37-27)26(32)19-36-23-10-8-22(30)9-11-23/h5-11,13,15-16,20,26H,4,12,14,17-19H2,1-3H3/t20-,26+/m0/s1. The fourth-order valence-corrected chi connectivity index (χ4v) is 5.55. The summed E-state index contributed by atoms with van der Waals surface area (Å²) in [6, 6.07) is 16.2. The number of nitrogens with zero attached hydrogens (tertiary/aromatic N) is 2. The van der Waals surface area contributed by atoms with Crippen molar-refractivity contribution in [2.24, 2.45) is 5.92 Å². The quantitative estimate of drug-likeness (QED) is 0.311. The predicted molar refractivity (Wildman–Crippen MR) is 148 cm³/mol. The Balaban J connectivity index is 1.54. The number of carbonyl (C=O) groups is 2. The summed E-state index contributed by atoms with van der Waals surface area (Å²) in [6.45, 7) is 5.61. The van der Waals surface area contributed by atoms with Gasteiger partial charge in [-0.05, 0) is 71.8 Å². The molecular weight excluding hydrogens is 508 g/mol. The summed E-state index contributed by atoms with van der Waals surface area (Å²) in [5, 5.41) is 2.71. The van der Waals surface area contributed by atoms with Crippen molar-refractivity contribution in [1.29, 1.82) is 0 Å². The van der Waals surface area contributed by atoms with E-state index < -0.39 is 0 Å². The number of fused-ring (bicyclic) bond motifs is 1. The molecule has 1 aliphatic heterocycles. The van der Waals surface area contributed by atoms with Crippen LogP contribution in [0.5, 0.6) is 11.5 Å². The van der Waals surface area contributed by atoms with E-state index in [9.17, 15) is 9.59 Å². The third-order valence-electron chi connectivity index (χ3n) is 6.80. The van der Waals surface area contributed by atoms with E-state index in [1.54, 1.807) is 59.7 Å². The number of carbonyl (C=O) groups excluding carboxylic acids is 2. The number of rotatable bonds is 10. The minimum atomic E-state index is -0.226. The van der Waals surface area contributed by atoms with Crippen LogP contribution >= 0.6 is 22.9 Å². The monoisotopic (exact) mass is 540 g/mol. The summed E-state index contributed by atoms with van der Waals surface area (Å²) in [4.78, 5) is 32.1. The molecular formula is C29H33ClN2O4S. The lowest BCUT2D eigenvalue weighted by Crippen LogP contribution is -2.48. The minimum Gasteiger partial charge on any atom is -0.497 e. The molecule has 0 spiro atoms. The number of thiophene rings is 1. The van der Waals surface area contributed by atoms with E-state index in [2.05, 4.69) is 25.3 Å². The van der Waals surface area contributed by atoms with Gasteiger partial charge in [0, 0.05) is 28.6 Å². The zero-order valence-electron chi connectivity index (χ0n) is 21.5. The van der Waals surface area contributed by atoms with E-state index in [-0.39, 0.29) is 30.3 Å². The molecule has 1 aliphatic rings. The lowest BCUT2D eigenvalue weighted by atomic mass is 10.00. The van der Waals surface area contributed by atoms with Crippen LogP contribution in [0.3, 0.4) is 0 Å². The maximum atomic E-state index is 13.8. The van der Waals surface area contributed by atoms with Crippen molar-refractivity contribution in [2.75, 3.05) is 33.4 Å². The van der Waals surface area contributed by atoms with Gasteiger partial charge in [0.25, 0.3) is 5.91 Å². The van der Waals surface area contributed by atoms with Gasteiger partial charge in [-0.1, -0.05) is 37.9 Å². The van der Waals surface area contributed by atoms with Crippen LogP contribution < -0.4 is 9.47 Å². The lowest BCUT2D eigenvalue weighted by Gasteiger charge is -2.37. The number of benzene rings is 2. The molecule has 4 rings (SSSR count). The molecule has 0 N–H and O–H groups in total. The predicted octanol–water partition coefficient (Wildman–Crippen LogP) is 6.10. The zero-order valence-corrected chi connectivity index (χ0v) is 23.1. The summed E-state index contributed by atoms with van der Waals surface area (Å²) in [6.07, 6.45) is 1.71. The first-order valence-electron chi connectivity index (χ1n) is 12.6. The normalized spacial score (nSPS) is 15.6. The van der Waals surface area contributed by atoms with Gasteiger partial charge in [-0.3, -0.25) is 9.59 Å². The maximum absolute atomic E-state index is 13.8. The summed E-state index contributed by atoms with van der Waals surface area (Å²) in [7, 11) is 1.57. The number of hydrogen-bond acceptors (Lipinski definition) is 5. The van der Waals surface area contributed by atoms with Crippen LogP contribution in [0, 0.1) is 5.92 Å². The Bertz CT molecular complexity index is 1210. The van der Waals surface area contributed by atoms with Gasteiger partial charge in [0.2, 0.25) is 5.91 Å². The van der Waals surface area contributed by atoms with Crippen molar-refractivity contribution in [3.63, 3.8) is 0 Å². The van der Waals surface area contributed by atoms with Crippen molar-refractivity contribution in [2.45, 2.75) is 32.7 Å². The second-order valence-corrected chi connectivity index (χ2v) is 10.8. The first-order chi connectivity index (χ1) is 17.9. The second-order valence-electron chi connectivity index (χ2n) is 9.35. The van der Waals surface area contributed by atoms with E-state index in [1.165, 1.54) is 4.88 Å². The van der Waals surface area contributed by atoms with Crippen LogP contribution in [-0.2, 0) is 11.2 Å². The molecule has 0 saturated carbocycles. The molecule has 6 nitrogen and oxygen atoms in total. The summed E-state index contributed by atoms with van der Waals surface area (Å²) in [5.41, 5.74) is 1.63. The number of halogens is 1. The van der Waals surface area contributed by atoms with Gasteiger partial charge in [-0.2, -0.15) is 0 Å². The molecule has 8 heteroatoms. The van der Waals surface area contributed by atoms with Crippen molar-refractivity contribution in [1.82, 2.24) is 9.80 Å². The SMILES string of the molecule is CC[C@H](C)CN(CC(=O)N1CCc2sccc2[C@H]1COc1ccc(Cl)cc1)C(=O)c1cccc(OC)c1. The highest BCUT2D eigenvalue weighted by Gasteiger charge is 2.34. The molecule has 2 amide bonds. The molecule has 0 saturated heterocycles. The topological polar surface area (TPSA) is 59.1 Å². The Labute approximate surface area is 227 Å². The van der Waals surface area contributed by atoms with Crippen LogP contribution in [0.4, 0.5) is 0 Å². The van der Waals surface area contributed by atoms with E-state index in [0.29, 0.717) is 41.8 Å². The molecule has 0 unspecified atom stereocenters. The number of methoxy groups -OCH3 is 1. The highest BCUT2D eigenvalue weighted by Crippen LogP contribution is 2.34. The van der Waals surface area contributed by atoms with E-state index in [0.717, 1.165) is 18.4 Å². The van der Waals surface area contributed by atoms with E-state index >= 15 is 0 Å². The largest absolute Gasteiger partial charge is 0.497 e. The van der Waals surface area contributed by atoms with Gasteiger partial charge in [-0.25, -0.2) is 0 Å². The maximum Gasteiger partial charge on any atom is 0.254 e.